The highest BCUT2D eigenvalue weighted by atomic mass is 32.2. The monoisotopic (exact) mass is 362 g/mol. The predicted octanol–water partition coefficient (Wildman–Crippen LogP) is -0.229. The molecule has 1 aliphatic heterocycles. The van der Waals surface area contributed by atoms with E-state index in [4.69, 9.17) is 18.6 Å². The van der Waals surface area contributed by atoms with Crippen LogP contribution in [0.4, 0.5) is 0 Å². The number of nitrogens with two attached hydrogens (primary N) is 1. The molecule has 1 fully saturated rings. The molecule has 0 amide bonds. The Morgan fingerprint density at radius 1 is 1.29 bits per heavy atom. The standard InChI is InChI=1S/C13H23BN2O7S/c1-4-6-7-8-13(5-2,23-24(15,19)20)14-21-11(17)9-16(3)10-12(18)22-14/h7-8H,4-6,9-10H2,1-3H3,(H2,15,19,20)/b8-7+. The highest BCUT2D eigenvalue weighted by Crippen LogP contribution is 2.26. The maximum absolute atomic E-state index is 11.9. The Kier molecular flexibility index (Phi) is 7.39. The summed E-state index contributed by atoms with van der Waals surface area (Å²) in [6.45, 7) is 3.26. The summed E-state index contributed by atoms with van der Waals surface area (Å²) in [5.74, 6) is -1.34. The van der Waals surface area contributed by atoms with Gasteiger partial charge in [-0.05, 0) is 19.9 Å². The molecule has 1 aliphatic rings. The Morgan fingerprint density at radius 2 is 1.83 bits per heavy atom. The summed E-state index contributed by atoms with van der Waals surface area (Å²) in [7, 11) is -4.39. The van der Waals surface area contributed by atoms with Crippen LogP contribution < -0.4 is 5.14 Å². The fourth-order valence-corrected chi connectivity index (χ4v) is 2.87. The lowest BCUT2D eigenvalue weighted by atomic mass is 9.65. The molecule has 0 spiro atoms. The summed E-state index contributed by atoms with van der Waals surface area (Å²) in [6, 6.07) is 0. The first-order valence-corrected chi connectivity index (χ1v) is 9.07. The van der Waals surface area contributed by atoms with Crippen molar-refractivity contribution in [2.45, 2.75) is 38.6 Å². The van der Waals surface area contributed by atoms with Gasteiger partial charge in [-0.2, -0.15) is 8.42 Å². The summed E-state index contributed by atoms with van der Waals surface area (Å²) in [5.41, 5.74) is -1.72. The Hall–Kier alpha value is -1.43. The summed E-state index contributed by atoms with van der Waals surface area (Å²) >= 11 is 0. The molecule has 24 heavy (non-hydrogen) atoms. The van der Waals surface area contributed by atoms with Crippen LogP contribution in [0.25, 0.3) is 0 Å². The lowest BCUT2D eigenvalue weighted by Crippen LogP contribution is -2.56. The zero-order valence-corrected chi connectivity index (χ0v) is 14.9. The SMILES string of the molecule is CCC/C=C/C(CC)(OS(N)(=O)=O)B1OC(=O)CN(C)CC(=O)O1. The lowest BCUT2D eigenvalue weighted by Gasteiger charge is -2.33. The van der Waals surface area contributed by atoms with Gasteiger partial charge < -0.3 is 9.31 Å². The quantitative estimate of drug-likeness (QED) is 0.486. The summed E-state index contributed by atoms with van der Waals surface area (Å²) in [5, 5.41) is 5.00. The van der Waals surface area contributed by atoms with Crippen molar-refractivity contribution in [2.24, 2.45) is 5.14 Å². The number of allylic oxidation sites excluding steroid dienone is 1. The van der Waals surface area contributed by atoms with Crippen LogP contribution in [-0.2, 0) is 33.4 Å². The Labute approximate surface area is 142 Å². The zero-order chi connectivity index (χ0) is 18.4. The van der Waals surface area contributed by atoms with Gasteiger partial charge in [0.2, 0.25) is 0 Å². The van der Waals surface area contributed by atoms with Crippen molar-refractivity contribution in [3.05, 3.63) is 12.2 Å². The van der Waals surface area contributed by atoms with E-state index in [1.54, 1.807) is 20.0 Å². The Bertz CT molecular complexity index is 575. The average Bonchev–Trinajstić information content (AvgIpc) is 2.42. The molecule has 1 heterocycles. The minimum absolute atomic E-state index is 0.0463. The zero-order valence-electron chi connectivity index (χ0n) is 14.1. The maximum atomic E-state index is 11.9. The van der Waals surface area contributed by atoms with Crippen molar-refractivity contribution in [2.75, 3.05) is 20.1 Å². The molecule has 0 aromatic rings. The number of nitrogens with zero attached hydrogens (tertiary/aromatic N) is 1. The van der Waals surface area contributed by atoms with Gasteiger partial charge >= 0.3 is 29.4 Å². The number of hydrogen-bond donors (Lipinski definition) is 1. The van der Waals surface area contributed by atoms with Crippen molar-refractivity contribution in [1.29, 1.82) is 0 Å². The van der Waals surface area contributed by atoms with E-state index in [0.29, 0.717) is 6.42 Å². The van der Waals surface area contributed by atoms with Crippen molar-refractivity contribution < 1.29 is 31.5 Å². The third-order valence-corrected chi connectivity index (χ3v) is 3.90. The van der Waals surface area contributed by atoms with Gasteiger partial charge in [-0.1, -0.05) is 32.4 Å². The molecule has 0 bridgehead atoms. The third-order valence-electron chi connectivity index (χ3n) is 3.35. The molecule has 0 aliphatic carbocycles. The maximum Gasteiger partial charge on any atom is 0.639 e. The second-order valence-electron chi connectivity index (χ2n) is 5.56. The van der Waals surface area contributed by atoms with Gasteiger partial charge in [-0.15, -0.1) is 0 Å². The second kappa shape index (κ2) is 8.61. The normalized spacial score (nSPS) is 20.2. The fraction of sp³-hybridized carbons (Fsp3) is 0.692. The van der Waals surface area contributed by atoms with Gasteiger partial charge in [-0.25, -0.2) is 9.32 Å². The molecule has 9 nitrogen and oxygen atoms in total. The van der Waals surface area contributed by atoms with Crippen LogP contribution in [0.5, 0.6) is 0 Å². The molecule has 1 rings (SSSR count). The molecule has 136 valence electrons. The minimum Gasteiger partial charge on any atom is -0.496 e. The van der Waals surface area contributed by atoms with Crippen LogP contribution in [0, 0.1) is 0 Å². The van der Waals surface area contributed by atoms with E-state index in [1.165, 1.54) is 11.0 Å². The number of likely N-dealkylation sites (N-methyl/N-ethyl adjacent to an activating group) is 1. The van der Waals surface area contributed by atoms with Gasteiger partial charge in [0.15, 0.2) is 5.50 Å². The van der Waals surface area contributed by atoms with Gasteiger partial charge in [0.1, 0.15) is 0 Å². The van der Waals surface area contributed by atoms with E-state index in [9.17, 15) is 18.0 Å². The van der Waals surface area contributed by atoms with Gasteiger partial charge in [0, 0.05) is 0 Å². The van der Waals surface area contributed by atoms with Crippen LogP contribution in [0.2, 0.25) is 0 Å². The number of rotatable bonds is 7. The Balaban J connectivity index is 3.22. The fourth-order valence-electron chi connectivity index (χ4n) is 2.19. The number of hydrogen-bond acceptors (Lipinski definition) is 8. The first-order chi connectivity index (χ1) is 11.1. The van der Waals surface area contributed by atoms with Gasteiger partial charge in [0.25, 0.3) is 0 Å². The number of carbonyl (C=O) groups excluding carboxylic acids is 2. The number of carbonyl (C=O) groups is 2. The van der Waals surface area contributed by atoms with E-state index in [1.807, 2.05) is 6.92 Å². The molecule has 0 aromatic heterocycles. The molecule has 0 aromatic carbocycles. The molecule has 0 radical (unpaired) electrons. The summed E-state index contributed by atoms with van der Waals surface area (Å²) in [6.07, 6.45) is 4.57. The molecule has 1 unspecified atom stereocenters. The van der Waals surface area contributed by atoms with E-state index >= 15 is 0 Å². The minimum atomic E-state index is -4.39. The summed E-state index contributed by atoms with van der Waals surface area (Å²) < 4.78 is 38.2. The largest absolute Gasteiger partial charge is 0.639 e. The van der Waals surface area contributed by atoms with Crippen LogP contribution >= 0.6 is 0 Å². The van der Waals surface area contributed by atoms with Crippen molar-refractivity contribution in [3.8, 4) is 0 Å². The molecule has 11 heteroatoms. The van der Waals surface area contributed by atoms with Crippen LogP contribution in [-0.4, -0.2) is 58.0 Å². The predicted molar refractivity (Wildman–Crippen MR) is 86.7 cm³/mol. The molecular weight excluding hydrogens is 339 g/mol. The topological polar surface area (TPSA) is 125 Å². The summed E-state index contributed by atoms with van der Waals surface area (Å²) in [4.78, 5) is 25.2. The molecule has 1 saturated heterocycles. The highest BCUT2D eigenvalue weighted by Gasteiger charge is 2.53. The van der Waals surface area contributed by atoms with E-state index in [2.05, 4.69) is 0 Å². The van der Waals surface area contributed by atoms with Gasteiger partial charge in [-0.3, -0.25) is 14.5 Å². The third kappa shape index (κ3) is 6.23. The lowest BCUT2D eigenvalue weighted by molar-refractivity contribution is -0.147. The number of unbranched alkanes of at least 4 members (excludes halogenated alkanes) is 1. The Morgan fingerprint density at radius 3 is 2.25 bits per heavy atom. The van der Waals surface area contributed by atoms with Crippen molar-refractivity contribution >= 4 is 29.4 Å². The first-order valence-electron chi connectivity index (χ1n) is 7.60. The van der Waals surface area contributed by atoms with E-state index in [0.717, 1.165) is 6.42 Å². The van der Waals surface area contributed by atoms with Gasteiger partial charge in [0.05, 0.1) is 13.1 Å². The average molecular weight is 362 g/mol. The highest BCUT2D eigenvalue weighted by molar-refractivity contribution is 7.84. The van der Waals surface area contributed by atoms with Crippen molar-refractivity contribution in [1.82, 2.24) is 4.90 Å². The van der Waals surface area contributed by atoms with Crippen LogP contribution in [0.1, 0.15) is 33.1 Å². The molecule has 1 atom stereocenters. The van der Waals surface area contributed by atoms with Crippen LogP contribution in [0.15, 0.2) is 12.2 Å². The molecule has 0 saturated carbocycles. The van der Waals surface area contributed by atoms with E-state index < -0.39 is 34.9 Å². The first kappa shape index (κ1) is 20.6. The van der Waals surface area contributed by atoms with E-state index in [-0.39, 0.29) is 19.5 Å². The second-order valence-corrected chi connectivity index (χ2v) is 6.71. The van der Waals surface area contributed by atoms with Crippen LogP contribution in [0.3, 0.4) is 0 Å². The molecular formula is C13H23BN2O7S. The molecule has 2 N–H and O–H groups in total. The van der Waals surface area contributed by atoms with Crippen molar-refractivity contribution in [3.63, 3.8) is 0 Å². The smallest absolute Gasteiger partial charge is 0.496 e.